The monoisotopic (exact) mass is 483 g/mol. The Hall–Kier alpha value is -3.91. The lowest BCUT2D eigenvalue weighted by Crippen LogP contribution is -2.21. The highest BCUT2D eigenvalue weighted by Crippen LogP contribution is 2.25. The van der Waals surface area contributed by atoms with Gasteiger partial charge in [-0.05, 0) is 51.1 Å². The normalized spacial score (nSPS) is 11.4. The molecule has 8 heteroatoms. The number of aryl methyl sites for hydroxylation is 2. The number of carbonyl (C=O) groups is 1. The number of fused-ring (bicyclic) bond motifs is 3. The highest BCUT2D eigenvalue weighted by molar-refractivity contribution is 7.99. The molecular weight excluding hydrogens is 458 g/mol. The number of aromatic nitrogens is 5. The van der Waals surface area contributed by atoms with Crippen LogP contribution in [-0.4, -0.2) is 35.3 Å². The first-order valence-corrected chi connectivity index (χ1v) is 12.3. The van der Waals surface area contributed by atoms with E-state index in [0.29, 0.717) is 39.6 Å². The Kier molecular flexibility index (Phi) is 5.90. The topological polar surface area (TPSA) is 74.2 Å². The molecule has 3 aromatic heterocycles. The van der Waals surface area contributed by atoms with Crippen LogP contribution in [0.4, 0.5) is 0 Å². The first-order chi connectivity index (χ1) is 16.9. The van der Waals surface area contributed by atoms with E-state index >= 15 is 0 Å². The molecule has 176 valence electrons. The zero-order valence-corrected chi connectivity index (χ0v) is 20.7. The minimum Gasteiger partial charge on any atom is -0.345 e. The van der Waals surface area contributed by atoms with Crippen molar-refractivity contribution in [1.82, 2.24) is 23.7 Å². The Morgan fingerprint density at radius 1 is 1.06 bits per heavy atom. The molecule has 0 spiro atoms. The van der Waals surface area contributed by atoms with Crippen LogP contribution in [0.5, 0.6) is 0 Å². The van der Waals surface area contributed by atoms with Crippen molar-refractivity contribution in [1.29, 1.82) is 0 Å². The lowest BCUT2D eigenvalue weighted by atomic mass is 10.2. The van der Waals surface area contributed by atoms with Crippen molar-refractivity contribution in [2.75, 3.05) is 5.75 Å². The van der Waals surface area contributed by atoms with E-state index in [1.165, 1.54) is 11.8 Å². The van der Waals surface area contributed by atoms with Gasteiger partial charge in [-0.25, -0.2) is 4.57 Å². The van der Waals surface area contributed by atoms with E-state index in [4.69, 9.17) is 0 Å². The third kappa shape index (κ3) is 3.89. The summed E-state index contributed by atoms with van der Waals surface area (Å²) in [7, 11) is 0. The average Bonchev–Trinajstić information content (AvgIpc) is 3.40. The molecule has 5 rings (SSSR count). The van der Waals surface area contributed by atoms with E-state index in [9.17, 15) is 9.59 Å². The number of hydrogen-bond acceptors (Lipinski definition) is 5. The average molecular weight is 484 g/mol. The predicted octanol–water partition coefficient (Wildman–Crippen LogP) is 4.92. The quantitative estimate of drug-likeness (QED) is 0.187. The number of allylic oxidation sites excluding steroid dienone is 1. The summed E-state index contributed by atoms with van der Waals surface area (Å²) in [5, 5.41) is 9.86. The number of rotatable bonds is 7. The molecule has 0 aliphatic heterocycles. The number of ketones is 1. The van der Waals surface area contributed by atoms with Crippen LogP contribution >= 0.6 is 11.8 Å². The summed E-state index contributed by atoms with van der Waals surface area (Å²) in [4.78, 5) is 26.6. The third-order valence-electron chi connectivity index (χ3n) is 6.20. The van der Waals surface area contributed by atoms with Gasteiger partial charge >= 0.3 is 0 Å². The Labute approximate surface area is 206 Å². The number of benzene rings is 2. The molecule has 0 saturated heterocycles. The molecule has 0 aliphatic carbocycles. The van der Waals surface area contributed by atoms with Gasteiger partial charge in [0.25, 0.3) is 5.56 Å². The van der Waals surface area contributed by atoms with Crippen molar-refractivity contribution < 1.29 is 4.79 Å². The van der Waals surface area contributed by atoms with Crippen LogP contribution in [0.3, 0.4) is 0 Å². The summed E-state index contributed by atoms with van der Waals surface area (Å²) in [6.07, 6.45) is 1.82. The van der Waals surface area contributed by atoms with Crippen molar-refractivity contribution in [2.24, 2.45) is 0 Å². The fourth-order valence-corrected chi connectivity index (χ4v) is 5.22. The molecule has 0 unspecified atom stereocenters. The zero-order valence-electron chi connectivity index (χ0n) is 19.9. The molecule has 5 aromatic rings. The molecule has 0 N–H and O–H groups in total. The van der Waals surface area contributed by atoms with Gasteiger partial charge in [-0.1, -0.05) is 47.7 Å². The maximum atomic E-state index is 13.4. The van der Waals surface area contributed by atoms with Crippen LogP contribution in [0.25, 0.3) is 22.4 Å². The molecule has 0 aliphatic rings. The lowest BCUT2D eigenvalue weighted by Gasteiger charge is -2.11. The van der Waals surface area contributed by atoms with Crippen LogP contribution < -0.4 is 5.56 Å². The van der Waals surface area contributed by atoms with Gasteiger partial charge in [0.2, 0.25) is 5.78 Å². The molecule has 0 amide bonds. The van der Waals surface area contributed by atoms with E-state index in [2.05, 4.69) is 21.3 Å². The molecule has 0 bridgehead atoms. The highest BCUT2D eigenvalue weighted by Gasteiger charge is 2.20. The zero-order chi connectivity index (χ0) is 24.7. The maximum absolute atomic E-state index is 13.4. The molecule has 0 fully saturated rings. The largest absolute Gasteiger partial charge is 0.345 e. The van der Waals surface area contributed by atoms with Crippen LogP contribution in [0.1, 0.15) is 27.3 Å². The summed E-state index contributed by atoms with van der Waals surface area (Å²) >= 11 is 1.32. The summed E-state index contributed by atoms with van der Waals surface area (Å²) in [5.41, 5.74) is 5.02. The Balaban J connectivity index is 1.58. The highest BCUT2D eigenvalue weighted by atomic mass is 32.2. The standard InChI is InChI=1S/C27H25N5O2S/c1-5-14-30-18(3)15-22(19(30)4)24(33)16-35-27-29-28-26-31(20-12-10-17(2)11-13-20)25(34)21-8-6-7-9-23(21)32(26)27/h5-13,15H,1,14,16H2,2-4H3. The second kappa shape index (κ2) is 9.03. The molecule has 7 nitrogen and oxygen atoms in total. The fourth-order valence-electron chi connectivity index (χ4n) is 4.40. The summed E-state index contributed by atoms with van der Waals surface area (Å²) < 4.78 is 5.50. The Morgan fingerprint density at radius 2 is 1.80 bits per heavy atom. The molecule has 35 heavy (non-hydrogen) atoms. The van der Waals surface area contributed by atoms with Crippen LogP contribution in [0, 0.1) is 20.8 Å². The van der Waals surface area contributed by atoms with Gasteiger partial charge in [0.1, 0.15) is 0 Å². The van der Waals surface area contributed by atoms with Crippen molar-refractivity contribution in [3.63, 3.8) is 0 Å². The minimum atomic E-state index is -0.161. The van der Waals surface area contributed by atoms with E-state index in [0.717, 1.165) is 17.0 Å². The van der Waals surface area contributed by atoms with Crippen molar-refractivity contribution in [3.8, 4) is 5.69 Å². The Morgan fingerprint density at radius 3 is 2.54 bits per heavy atom. The van der Waals surface area contributed by atoms with E-state index in [1.54, 1.807) is 10.6 Å². The maximum Gasteiger partial charge on any atom is 0.267 e. The van der Waals surface area contributed by atoms with Gasteiger partial charge in [0.05, 0.1) is 22.3 Å². The molecule has 2 aromatic carbocycles. The second-order valence-electron chi connectivity index (χ2n) is 8.51. The fraction of sp³-hybridized carbons (Fsp3) is 0.185. The van der Waals surface area contributed by atoms with Gasteiger partial charge in [-0.15, -0.1) is 16.8 Å². The molecule has 3 heterocycles. The summed E-state index contributed by atoms with van der Waals surface area (Å²) in [6, 6.07) is 17.0. The predicted molar refractivity (Wildman–Crippen MR) is 140 cm³/mol. The van der Waals surface area contributed by atoms with Crippen LogP contribution in [0.15, 0.2) is 77.2 Å². The van der Waals surface area contributed by atoms with Crippen LogP contribution in [-0.2, 0) is 6.54 Å². The van der Waals surface area contributed by atoms with Crippen molar-refractivity contribution in [3.05, 3.63) is 100 Å². The molecule has 0 radical (unpaired) electrons. The van der Waals surface area contributed by atoms with E-state index in [-0.39, 0.29) is 17.1 Å². The summed E-state index contributed by atoms with van der Waals surface area (Å²) in [6.45, 7) is 10.4. The number of nitrogens with zero attached hydrogens (tertiary/aromatic N) is 5. The number of hydrogen-bond donors (Lipinski definition) is 0. The van der Waals surface area contributed by atoms with Gasteiger partial charge < -0.3 is 4.57 Å². The van der Waals surface area contributed by atoms with Gasteiger partial charge in [-0.3, -0.25) is 14.0 Å². The lowest BCUT2D eigenvalue weighted by molar-refractivity contribution is 0.102. The number of thioether (sulfide) groups is 1. The summed E-state index contributed by atoms with van der Waals surface area (Å²) in [5.74, 6) is 0.639. The first-order valence-electron chi connectivity index (χ1n) is 11.3. The smallest absolute Gasteiger partial charge is 0.267 e. The van der Waals surface area contributed by atoms with Gasteiger partial charge in [-0.2, -0.15) is 0 Å². The molecule has 0 atom stereocenters. The van der Waals surface area contributed by atoms with E-state index < -0.39 is 0 Å². The van der Waals surface area contributed by atoms with Crippen molar-refractivity contribution in [2.45, 2.75) is 32.5 Å². The Bertz CT molecular complexity index is 1660. The molecule has 0 saturated carbocycles. The van der Waals surface area contributed by atoms with Crippen molar-refractivity contribution >= 4 is 34.2 Å². The van der Waals surface area contributed by atoms with Gasteiger partial charge in [0.15, 0.2) is 10.9 Å². The second-order valence-corrected chi connectivity index (χ2v) is 9.45. The number of Topliss-reactive ketones (excluding diaryl/α,β-unsaturated/α-hetero) is 1. The van der Waals surface area contributed by atoms with Gasteiger partial charge in [0, 0.05) is 23.5 Å². The number of para-hydroxylation sites is 1. The number of carbonyl (C=O) groups excluding carboxylic acids is 1. The third-order valence-corrected chi connectivity index (χ3v) is 7.13. The van der Waals surface area contributed by atoms with Crippen LogP contribution in [0.2, 0.25) is 0 Å². The van der Waals surface area contributed by atoms with E-state index in [1.807, 2.05) is 79.8 Å². The first kappa shape index (κ1) is 22.9. The minimum absolute atomic E-state index is 0.0197. The molecular formula is C27H25N5O2S. The SMILES string of the molecule is C=CCn1c(C)cc(C(=O)CSc2nnc3n(-c4ccc(C)cc4)c(=O)c4ccccc4n23)c1C.